The first-order valence-electron chi connectivity index (χ1n) is 5.01. The average Bonchev–Trinajstić information content (AvgIpc) is 2.33. The smallest absolute Gasteiger partial charge is 0.127 e. The molecule has 1 N–H and O–H groups in total. The van der Waals surface area contributed by atoms with Gasteiger partial charge in [-0.25, -0.2) is 0 Å². The van der Waals surface area contributed by atoms with E-state index in [-0.39, 0.29) is 0 Å². The Morgan fingerprint density at radius 1 is 0.875 bits per heavy atom. The molecule has 3 heteroatoms. The van der Waals surface area contributed by atoms with E-state index in [1.165, 1.54) is 0 Å². The fourth-order valence-corrected chi connectivity index (χ4v) is 1.67. The van der Waals surface area contributed by atoms with E-state index in [1.807, 2.05) is 54.6 Å². The Morgan fingerprint density at radius 3 is 2.12 bits per heavy atom. The first-order chi connectivity index (χ1) is 7.88. The van der Waals surface area contributed by atoms with Crippen molar-refractivity contribution in [2.75, 3.05) is 10.8 Å². The molecule has 2 aromatic carbocycles. The van der Waals surface area contributed by atoms with Gasteiger partial charge < -0.3 is 10.1 Å². The number of alkyl halides is 1. The van der Waals surface area contributed by atoms with Crippen LogP contribution in [0.4, 0.5) is 5.69 Å². The van der Waals surface area contributed by atoms with Crippen LogP contribution in [0.2, 0.25) is 0 Å². The van der Waals surface area contributed by atoms with E-state index in [1.54, 1.807) is 0 Å². The zero-order valence-electron chi connectivity index (χ0n) is 8.69. The van der Waals surface area contributed by atoms with Gasteiger partial charge in [0, 0.05) is 5.69 Å². The van der Waals surface area contributed by atoms with Gasteiger partial charge in [0.05, 0.1) is 5.45 Å². The van der Waals surface area contributed by atoms with Crippen molar-refractivity contribution in [1.29, 1.82) is 0 Å². The molecular weight excluding hydrogens is 266 g/mol. The molecule has 0 fully saturated rings. The summed E-state index contributed by atoms with van der Waals surface area (Å²) in [4.78, 5) is 0. The zero-order chi connectivity index (χ0) is 11.2. The van der Waals surface area contributed by atoms with E-state index in [0.717, 1.165) is 22.6 Å². The van der Waals surface area contributed by atoms with Crippen LogP contribution < -0.4 is 10.1 Å². The van der Waals surface area contributed by atoms with Crippen LogP contribution >= 0.6 is 15.9 Å². The topological polar surface area (TPSA) is 21.3 Å². The van der Waals surface area contributed by atoms with Gasteiger partial charge in [-0.15, -0.1) is 0 Å². The van der Waals surface area contributed by atoms with Crippen molar-refractivity contribution in [2.45, 2.75) is 0 Å². The van der Waals surface area contributed by atoms with Crippen molar-refractivity contribution in [3.05, 3.63) is 54.6 Å². The molecule has 0 aliphatic carbocycles. The minimum atomic E-state index is 0.742. The molecule has 0 atom stereocenters. The highest BCUT2D eigenvalue weighted by atomic mass is 79.9. The summed E-state index contributed by atoms with van der Waals surface area (Å²) in [6.07, 6.45) is 0. The molecule has 2 rings (SSSR count). The van der Waals surface area contributed by atoms with E-state index >= 15 is 0 Å². The van der Waals surface area contributed by atoms with Gasteiger partial charge in [-0.1, -0.05) is 34.1 Å². The van der Waals surface area contributed by atoms with E-state index in [0.29, 0.717) is 0 Å². The molecule has 0 saturated heterocycles. The third kappa shape index (κ3) is 3.00. The number of ether oxygens (including phenoxy) is 1. The third-order valence-corrected chi connectivity index (χ3v) is 2.38. The standard InChI is InChI=1S/C13H12BrNO/c14-10-15-11-6-8-13(9-7-11)16-12-4-2-1-3-5-12/h1-9,15H,10H2. The summed E-state index contributed by atoms with van der Waals surface area (Å²) < 4.78 is 5.67. The monoisotopic (exact) mass is 277 g/mol. The van der Waals surface area contributed by atoms with Crippen molar-refractivity contribution in [3.8, 4) is 11.5 Å². The normalized spacial score (nSPS) is 9.81. The highest BCUT2D eigenvalue weighted by molar-refractivity contribution is 9.09. The number of nitrogens with one attached hydrogen (secondary N) is 1. The highest BCUT2D eigenvalue weighted by Crippen LogP contribution is 2.22. The van der Waals surface area contributed by atoms with Crippen molar-refractivity contribution in [3.63, 3.8) is 0 Å². The van der Waals surface area contributed by atoms with Crippen LogP contribution in [0.1, 0.15) is 0 Å². The summed E-state index contributed by atoms with van der Waals surface area (Å²) in [5.74, 6) is 1.69. The molecule has 0 spiro atoms. The lowest BCUT2D eigenvalue weighted by molar-refractivity contribution is 0.483. The molecule has 16 heavy (non-hydrogen) atoms. The van der Waals surface area contributed by atoms with Gasteiger partial charge in [-0.05, 0) is 36.4 Å². The van der Waals surface area contributed by atoms with Crippen LogP contribution in [-0.2, 0) is 0 Å². The van der Waals surface area contributed by atoms with E-state index < -0.39 is 0 Å². The molecule has 0 aromatic heterocycles. The Labute approximate surface area is 103 Å². The Bertz CT molecular complexity index is 427. The van der Waals surface area contributed by atoms with Crippen molar-refractivity contribution in [2.24, 2.45) is 0 Å². The zero-order valence-corrected chi connectivity index (χ0v) is 10.3. The number of rotatable bonds is 4. The van der Waals surface area contributed by atoms with E-state index in [2.05, 4.69) is 21.2 Å². The van der Waals surface area contributed by atoms with Gasteiger partial charge in [-0.3, -0.25) is 0 Å². The Balaban J connectivity index is 2.05. The van der Waals surface area contributed by atoms with Gasteiger partial charge >= 0.3 is 0 Å². The van der Waals surface area contributed by atoms with Crippen LogP contribution in [0.25, 0.3) is 0 Å². The summed E-state index contributed by atoms with van der Waals surface area (Å²) in [5, 5.41) is 3.16. The summed E-state index contributed by atoms with van der Waals surface area (Å²) in [7, 11) is 0. The van der Waals surface area contributed by atoms with Crippen LogP contribution in [0, 0.1) is 0 Å². The molecule has 0 bridgehead atoms. The first kappa shape index (κ1) is 11.0. The SMILES string of the molecule is BrCNc1ccc(Oc2ccccc2)cc1. The lowest BCUT2D eigenvalue weighted by Crippen LogP contribution is -1.92. The third-order valence-electron chi connectivity index (χ3n) is 2.10. The molecule has 0 saturated carbocycles. The number of benzene rings is 2. The molecule has 0 radical (unpaired) electrons. The summed E-state index contributed by atoms with van der Waals surface area (Å²) in [6, 6.07) is 17.6. The van der Waals surface area contributed by atoms with Crippen molar-refractivity contribution in [1.82, 2.24) is 0 Å². The van der Waals surface area contributed by atoms with Crippen molar-refractivity contribution >= 4 is 21.6 Å². The van der Waals surface area contributed by atoms with Crippen LogP contribution in [0.15, 0.2) is 54.6 Å². The second-order valence-corrected chi connectivity index (χ2v) is 3.81. The predicted molar refractivity (Wildman–Crippen MR) is 70.4 cm³/mol. The largest absolute Gasteiger partial charge is 0.457 e. The average molecular weight is 278 g/mol. The molecule has 2 nitrogen and oxygen atoms in total. The summed E-state index contributed by atoms with van der Waals surface area (Å²) in [6.45, 7) is 0. The maximum atomic E-state index is 5.67. The Kier molecular flexibility index (Phi) is 3.83. The van der Waals surface area contributed by atoms with Crippen molar-refractivity contribution < 1.29 is 4.74 Å². The van der Waals surface area contributed by atoms with Crippen LogP contribution in [0.3, 0.4) is 0 Å². The molecule has 0 unspecified atom stereocenters. The van der Waals surface area contributed by atoms with Gasteiger partial charge in [0.15, 0.2) is 0 Å². The number of anilines is 1. The maximum Gasteiger partial charge on any atom is 0.127 e. The minimum Gasteiger partial charge on any atom is -0.457 e. The van der Waals surface area contributed by atoms with Gasteiger partial charge in [-0.2, -0.15) is 0 Å². The second-order valence-electron chi connectivity index (χ2n) is 3.25. The van der Waals surface area contributed by atoms with Gasteiger partial charge in [0.2, 0.25) is 0 Å². The quantitative estimate of drug-likeness (QED) is 0.667. The van der Waals surface area contributed by atoms with Crippen LogP contribution in [0.5, 0.6) is 11.5 Å². The lowest BCUT2D eigenvalue weighted by atomic mass is 10.3. The lowest BCUT2D eigenvalue weighted by Gasteiger charge is -2.06. The van der Waals surface area contributed by atoms with Gasteiger partial charge in [0.25, 0.3) is 0 Å². The fourth-order valence-electron chi connectivity index (χ4n) is 1.34. The van der Waals surface area contributed by atoms with E-state index in [9.17, 15) is 0 Å². The number of halogens is 1. The minimum absolute atomic E-state index is 0.742. The molecule has 0 aliphatic heterocycles. The second kappa shape index (κ2) is 5.56. The Morgan fingerprint density at radius 2 is 1.50 bits per heavy atom. The van der Waals surface area contributed by atoms with Crippen LogP contribution in [-0.4, -0.2) is 5.45 Å². The molecule has 2 aromatic rings. The fraction of sp³-hybridized carbons (Fsp3) is 0.0769. The molecule has 0 heterocycles. The molecule has 0 amide bonds. The maximum absolute atomic E-state index is 5.67. The summed E-state index contributed by atoms with van der Waals surface area (Å²) >= 11 is 3.32. The molecular formula is C13H12BrNO. The molecule has 0 aliphatic rings. The number of para-hydroxylation sites is 1. The highest BCUT2D eigenvalue weighted by Gasteiger charge is 1.96. The van der Waals surface area contributed by atoms with Gasteiger partial charge in [0.1, 0.15) is 11.5 Å². The predicted octanol–water partition coefficient (Wildman–Crippen LogP) is 4.24. The number of hydrogen-bond acceptors (Lipinski definition) is 2. The van der Waals surface area contributed by atoms with E-state index in [4.69, 9.17) is 4.74 Å². The molecule has 82 valence electrons. The summed E-state index contributed by atoms with van der Waals surface area (Å²) in [5.41, 5.74) is 1.81. The first-order valence-corrected chi connectivity index (χ1v) is 6.13. The Hall–Kier alpha value is -1.48. The number of hydrogen-bond donors (Lipinski definition) is 1.